The molecule has 0 radical (unpaired) electrons. The van der Waals surface area contributed by atoms with Gasteiger partial charge in [-0.25, -0.2) is 4.79 Å². The molecule has 1 aliphatic heterocycles. The van der Waals surface area contributed by atoms with Gasteiger partial charge < -0.3 is 10.6 Å². The lowest BCUT2D eigenvalue weighted by atomic mass is 9.92. The third kappa shape index (κ3) is 3.98. The predicted molar refractivity (Wildman–Crippen MR) is 93.2 cm³/mol. The fourth-order valence-corrected chi connectivity index (χ4v) is 2.65. The second-order valence-electron chi connectivity index (χ2n) is 6.78. The minimum Gasteiger partial charge on any atom is -0.355 e. The van der Waals surface area contributed by atoms with Gasteiger partial charge in [-0.05, 0) is 37.0 Å². The van der Waals surface area contributed by atoms with Gasteiger partial charge in [0.15, 0.2) is 0 Å². The molecule has 0 aliphatic carbocycles. The van der Waals surface area contributed by atoms with Gasteiger partial charge in [-0.15, -0.1) is 0 Å². The molecular formula is C17H22N4O5. The van der Waals surface area contributed by atoms with E-state index < -0.39 is 28.3 Å². The van der Waals surface area contributed by atoms with Crippen molar-refractivity contribution >= 4 is 23.5 Å². The molecule has 9 nitrogen and oxygen atoms in total. The van der Waals surface area contributed by atoms with Crippen molar-refractivity contribution in [3.8, 4) is 0 Å². The summed E-state index contributed by atoms with van der Waals surface area (Å²) >= 11 is 0. The van der Waals surface area contributed by atoms with Crippen LogP contribution in [0.15, 0.2) is 24.3 Å². The maximum absolute atomic E-state index is 12.7. The maximum atomic E-state index is 12.7. The van der Waals surface area contributed by atoms with E-state index in [9.17, 15) is 24.5 Å². The molecule has 1 heterocycles. The van der Waals surface area contributed by atoms with Crippen LogP contribution >= 0.6 is 0 Å². The second-order valence-corrected chi connectivity index (χ2v) is 6.78. The van der Waals surface area contributed by atoms with Crippen molar-refractivity contribution in [2.45, 2.75) is 32.7 Å². The molecule has 26 heavy (non-hydrogen) atoms. The summed E-state index contributed by atoms with van der Waals surface area (Å²) in [5, 5.41) is 16.0. The summed E-state index contributed by atoms with van der Waals surface area (Å²) in [6.45, 7) is 5.66. The second kappa shape index (κ2) is 7.51. The van der Waals surface area contributed by atoms with Crippen LogP contribution in [-0.2, 0) is 15.1 Å². The lowest BCUT2D eigenvalue weighted by molar-refractivity contribution is -0.384. The number of nitro groups is 1. The van der Waals surface area contributed by atoms with Gasteiger partial charge in [-0.1, -0.05) is 13.8 Å². The van der Waals surface area contributed by atoms with Crippen LogP contribution in [0.4, 0.5) is 10.5 Å². The molecule has 140 valence electrons. The first kappa shape index (κ1) is 19.4. The van der Waals surface area contributed by atoms with Gasteiger partial charge in [0.1, 0.15) is 12.1 Å². The third-order valence-electron chi connectivity index (χ3n) is 4.28. The first-order valence-electron chi connectivity index (χ1n) is 8.31. The molecule has 0 bridgehead atoms. The number of hydrogen-bond acceptors (Lipinski definition) is 5. The van der Waals surface area contributed by atoms with E-state index in [2.05, 4.69) is 10.6 Å². The molecule has 1 saturated heterocycles. The van der Waals surface area contributed by atoms with Gasteiger partial charge in [0.25, 0.3) is 11.6 Å². The Morgan fingerprint density at radius 3 is 2.46 bits per heavy atom. The Hall–Kier alpha value is -2.97. The molecule has 9 heteroatoms. The number of amides is 4. The zero-order chi connectivity index (χ0) is 19.5. The number of carbonyl (C=O) groups is 3. The molecule has 1 aromatic rings. The Bertz CT molecular complexity index is 731. The van der Waals surface area contributed by atoms with E-state index in [1.807, 2.05) is 13.8 Å². The Labute approximate surface area is 150 Å². The quantitative estimate of drug-likeness (QED) is 0.433. The van der Waals surface area contributed by atoms with Crippen molar-refractivity contribution in [1.82, 2.24) is 15.5 Å². The zero-order valence-electron chi connectivity index (χ0n) is 14.9. The predicted octanol–water partition coefficient (Wildman–Crippen LogP) is 1.52. The van der Waals surface area contributed by atoms with Gasteiger partial charge >= 0.3 is 6.03 Å². The van der Waals surface area contributed by atoms with Crippen molar-refractivity contribution < 1.29 is 19.3 Å². The van der Waals surface area contributed by atoms with Crippen LogP contribution in [0.5, 0.6) is 0 Å². The van der Waals surface area contributed by atoms with Crippen molar-refractivity contribution in [3.05, 3.63) is 39.9 Å². The van der Waals surface area contributed by atoms with Crippen molar-refractivity contribution in [3.63, 3.8) is 0 Å². The number of carbonyl (C=O) groups excluding carboxylic acids is 3. The number of rotatable bonds is 7. The summed E-state index contributed by atoms with van der Waals surface area (Å²) in [6.07, 6.45) is 0.798. The van der Waals surface area contributed by atoms with E-state index in [-0.39, 0.29) is 12.2 Å². The average molecular weight is 362 g/mol. The number of urea groups is 1. The largest absolute Gasteiger partial charge is 0.355 e. The monoisotopic (exact) mass is 362 g/mol. The SMILES string of the molecule is CC(C)CCNC(=O)CN1C(=O)N[C@@](C)(c2ccc([N+](=O)[O-])cc2)C1=O. The van der Waals surface area contributed by atoms with Crippen molar-refractivity contribution in [2.75, 3.05) is 13.1 Å². The Kier molecular flexibility index (Phi) is 5.59. The van der Waals surface area contributed by atoms with Gasteiger partial charge in [0, 0.05) is 18.7 Å². The number of nitro benzene ring substituents is 1. The maximum Gasteiger partial charge on any atom is 0.325 e. The van der Waals surface area contributed by atoms with Gasteiger partial charge in [-0.2, -0.15) is 0 Å². The highest BCUT2D eigenvalue weighted by atomic mass is 16.6. The minimum atomic E-state index is -1.37. The Morgan fingerprint density at radius 2 is 1.92 bits per heavy atom. The van der Waals surface area contributed by atoms with Crippen LogP contribution in [0.1, 0.15) is 32.8 Å². The number of imide groups is 1. The summed E-state index contributed by atoms with van der Waals surface area (Å²) in [5.74, 6) is -0.560. The first-order chi connectivity index (χ1) is 12.1. The van der Waals surface area contributed by atoms with Crippen LogP contribution in [0.2, 0.25) is 0 Å². The summed E-state index contributed by atoms with van der Waals surface area (Å²) in [6, 6.07) is 4.70. The van der Waals surface area contributed by atoms with Crippen LogP contribution < -0.4 is 10.6 Å². The van der Waals surface area contributed by atoms with E-state index in [0.717, 1.165) is 11.3 Å². The number of non-ortho nitro benzene ring substituents is 1. The number of nitrogens with zero attached hydrogens (tertiary/aromatic N) is 2. The average Bonchev–Trinajstić information content (AvgIpc) is 2.79. The van der Waals surface area contributed by atoms with E-state index >= 15 is 0 Å². The minimum absolute atomic E-state index is 0.115. The van der Waals surface area contributed by atoms with Crippen LogP contribution in [-0.4, -0.2) is 40.8 Å². The van der Waals surface area contributed by atoms with E-state index in [4.69, 9.17) is 0 Å². The fraction of sp³-hybridized carbons (Fsp3) is 0.471. The highest BCUT2D eigenvalue weighted by Gasteiger charge is 2.49. The van der Waals surface area contributed by atoms with Crippen LogP contribution in [0.3, 0.4) is 0 Å². The van der Waals surface area contributed by atoms with Crippen molar-refractivity contribution in [2.24, 2.45) is 5.92 Å². The highest BCUT2D eigenvalue weighted by Crippen LogP contribution is 2.29. The molecule has 1 aromatic carbocycles. The highest BCUT2D eigenvalue weighted by molar-refractivity contribution is 6.09. The molecule has 0 aromatic heterocycles. The lowest BCUT2D eigenvalue weighted by Gasteiger charge is -2.22. The smallest absolute Gasteiger partial charge is 0.325 e. The van der Waals surface area contributed by atoms with Gasteiger partial charge in [-0.3, -0.25) is 24.6 Å². The lowest BCUT2D eigenvalue weighted by Crippen LogP contribution is -2.43. The molecule has 2 rings (SSSR count). The molecule has 0 spiro atoms. The molecule has 0 unspecified atom stereocenters. The Balaban J connectivity index is 2.09. The van der Waals surface area contributed by atoms with E-state index in [1.54, 1.807) is 0 Å². The molecule has 4 amide bonds. The summed E-state index contributed by atoms with van der Waals surface area (Å²) in [4.78, 5) is 47.9. The summed E-state index contributed by atoms with van der Waals surface area (Å²) in [5.41, 5.74) is -1.08. The molecule has 1 atom stereocenters. The number of nitrogens with one attached hydrogen (secondary N) is 2. The van der Waals surface area contributed by atoms with Crippen LogP contribution in [0.25, 0.3) is 0 Å². The Morgan fingerprint density at radius 1 is 1.31 bits per heavy atom. The van der Waals surface area contributed by atoms with Crippen LogP contribution in [0, 0.1) is 16.0 Å². The third-order valence-corrected chi connectivity index (χ3v) is 4.28. The molecule has 2 N–H and O–H groups in total. The molecule has 0 saturated carbocycles. The van der Waals surface area contributed by atoms with Crippen molar-refractivity contribution in [1.29, 1.82) is 0 Å². The molecule has 1 aliphatic rings. The normalized spacial score (nSPS) is 19.6. The molecular weight excluding hydrogens is 340 g/mol. The number of benzene rings is 1. The molecule has 1 fully saturated rings. The first-order valence-corrected chi connectivity index (χ1v) is 8.31. The van der Waals surface area contributed by atoms with E-state index in [0.29, 0.717) is 18.0 Å². The standard InChI is InChI=1S/C17H22N4O5/c1-11(2)8-9-18-14(22)10-20-15(23)17(3,19-16(20)24)12-4-6-13(7-5-12)21(25)26/h4-7,11H,8-10H2,1-3H3,(H,18,22)(H,19,24)/t17-/m0/s1. The van der Waals surface area contributed by atoms with Gasteiger partial charge in [0.05, 0.1) is 4.92 Å². The topological polar surface area (TPSA) is 122 Å². The zero-order valence-corrected chi connectivity index (χ0v) is 14.9. The van der Waals surface area contributed by atoms with Gasteiger partial charge in [0.2, 0.25) is 5.91 Å². The van der Waals surface area contributed by atoms with E-state index in [1.165, 1.54) is 31.2 Å². The summed E-state index contributed by atoms with van der Waals surface area (Å²) < 4.78 is 0. The fourth-order valence-electron chi connectivity index (χ4n) is 2.65. The summed E-state index contributed by atoms with van der Waals surface area (Å²) in [7, 11) is 0. The number of hydrogen-bond donors (Lipinski definition) is 2.